The van der Waals surface area contributed by atoms with Crippen LogP contribution >= 0.6 is 0 Å². The van der Waals surface area contributed by atoms with Gasteiger partial charge in [0, 0.05) is 23.7 Å². The van der Waals surface area contributed by atoms with Gasteiger partial charge in [-0.1, -0.05) is 0 Å². The number of amidine groups is 1. The number of benzene rings is 1. The predicted molar refractivity (Wildman–Crippen MR) is 99.7 cm³/mol. The second-order valence-electron chi connectivity index (χ2n) is 7.20. The topological polar surface area (TPSA) is 128 Å². The third kappa shape index (κ3) is 4.10. The van der Waals surface area contributed by atoms with Gasteiger partial charge in [-0.25, -0.2) is 4.79 Å². The standard InChI is InChI=1S/C19H24N4O4/c20-18(21)13-4-8-14(9-5-13)22-11-16(24)23(19(22)27)15-6-1-12(2-7-15)3-10-17(25)26/h4-5,8-9,12,15H,1-3,6-7,10-11H2,(H3,20,21)(H,25,26)/t12-,15-. The van der Waals surface area contributed by atoms with Crippen LogP contribution in [0.25, 0.3) is 0 Å². The van der Waals surface area contributed by atoms with E-state index in [1.54, 1.807) is 24.3 Å². The molecule has 3 amide bonds. The molecule has 1 aliphatic carbocycles. The molecule has 1 saturated heterocycles. The SMILES string of the molecule is N=C(N)c1ccc(N2CC(=O)N([C@H]3CC[C@H](CCC(=O)O)CC3)C2=O)cc1. The maximum absolute atomic E-state index is 12.8. The lowest BCUT2D eigenvalue weighted by molar-refractivity contribution is -0.137. The van der Waals surface area contributed by atoms with Gasteiger partial charge in [0.05, 0.1) is 0 Å². The average Bonchev–Trinajstić information content (AvgIpc) is 2.95. The number of nitrogens with zero attached hydrogens (tertiary/aromatic N) is 2. The van der Waals surface area contributed by atoms with Crippen molar-refractivity contribution in [1.82, 2.24) is 4.90 Å². The largest absolute Gasteiger partial charge is 0.481 e. The van der Waals surface area contributed by atoms with Crippen LogP contribution in [-0.4, -0.2) is 46.3 Å². The number of nitrogens with one attached hydrogen (secondary N) is 1. The molecule has 2 fully saturated rings. The number of carboxylic acids is 1. The molecule has 27 heavy (non-hydrogen) atoms. The van der Waals surface area contributed by atoms with Crippen LogP contribution in [0, 0.1) is 11.3 Å². The molecule has 1 saturated carbocycles. The number of hydrogen-bond donors (Lipinski definition) is 3. The first-order chi connectivity index (χ1) is 12.9. The molecule has 8 nitrogen and oxygen atoms in total. The number of amides is 3. The first kappa shape index (κ1) is 18.9. The molecule has 2 aliphatic rings. The summed E-state index contributed by atoms with van der Waals surface area (Å²) in [4.78, 5) is 38.8. The van der Waals surface area contributed by atoms with Gasteiger partial charge in [0.15, 0.2) is 0 Å². The number of carbonyl (C=O) groups excluding carboxylic acids is 2. The number of aliphatic carboxylic acids is 1. The number of urea groups is 1. The van der Waals surface area contributed by atoms with Crippen molar-refractivity contribution in [2.24, 2.45) is 11.7 Å². The third-order valence-corrected chi connectivity index (χ3v) is 5.44. The quantitative estimate of drug-likeness (QED) is 0.400. The highest BCUT2D eigenvalue weighted by atomic mass is 16.4. The van der Waals surface area contributed by atoms with Crippen molar-refractivity contribution in [3.8, 4) is 0 Å². The van der Waals surface area contributed by atoms with E-state index in [0.717, 1.165) is 25.7 Å². The molecule has 0 aromatic heterocycles. The molecule has 0 unspecified atom stereocenters. The molecule has 1 aliphatic heterocycles. The summed E-state index contributed by atoms with van der Waals surface area (Å²) in [5.41, 5.74) is 6.61. The van der Waals surface area contributed by atoms with Crippen molar-refractivity contribution in [2.75, 3.05) is 11.4 Å². The summed E-state index contributed by atoms with van der Waals surface area (Å²) >= 11 is 0. The van der Waals surface area contributed by atoms with Gasteiger partial charge in [-0.15, -0.1) is 0 Å². The predicted octanol–water partition coefficient (Wildman–Crippen LogP) is 2.16. The zero-order chi connectivity index (χ0) is 19.6. The van der Waals surface area contributed by atoms with Gasteiger partial charge in [0.2, 0.25) is 0 Å². The molecule has 1 heterocycles. The van der Waals surface area contributed by atoms with Crippen LogP contribution in [0.2, 0.25) is 0 Å². The smallest absolute Gasteiger partial charge is 0.331 e. The molecule has 1 aromatic carbocycles. The fourth-order valence-electron chi connectivity index (χ4n) is 3.92. The van der Waals surface area contributed by atoms with Crippen LogP contribution in [0.4, 0.5) is 10.5 Å². The Kier molecular flexibility index (Phi) is 5.43. The van der Waals surface area contributed by atoms with Crippen LogP contribution in [-0.2, 0) is 9.59 Å². The van der Waals surface area contributed by atoms with E-state index < -0.39 is 5.97 Å². The van der Waals surface area contributed by atoms with Crippen molar-refractivity contribution in [1.29, 1.82) is 5.41 Å². The Labute approximate surface area is 157 Å². The number of anilines is 1. The molecule has 0 atom stereocenters. The van der Waals surface area contributed by atoms with Gasteiger partial charge in [-0.2, -0.15) is 0 Å². The monoisotopic (exact) mass is 372 g/mol. The lowest BCUT2D eigenvalue weighted by Crippen LogP contribution is -2.43. The summed E-state index contributed by atoms with van der Waals surface area (Å²) in [5, 5.41) is 16.2. The minimum absolute atomic E-state index is 0.0111. The van der Waals surface area contributed by atoms with Crippen LogP contribution in [0.1, 0.15) is 44.1 Å². The lowest BCUT2D eigenvalue weighted by atomic mass is 9.83. The van der Waals surface area contributed by atoms with E-state index in [1.165, 1.54) is 9.80 Å². The van der Waals surface area contributed by atoms with Crippen molar-refractivity contribution < 1.29 is 19.5 Å². The Balaban J connectivity index is 1.63. The number of nitrogens with two attached hydrogens (primary N) is 1. The van der Waals surface area contributed by atoms with Crippen LogP contribution in [0.15, 0.2) is 24.3 Å². The van der Waals surface area contributed by atoms with E-state index in [2.05, 4.69) is 0 Å². The Morgan fingerprint density at radius 3 is 2.33 bits per heavy atom. The van der Waals surface area contributed by atoms with Crippen molar-refractivity contribution in [2.45, 2.75) is 44.6 Å². The van der Waals surface area contributed by atoms with Gasteiger partial charge in [0.1, 0.15) is 12.4 Å². The Hall–Kier alpha value is -2.90. The Bertz CT molecular complexity index is 753. The van der Waals surface area contributed by atoms with E-state index in [0.29, 0.717) is 23.6 Å². The summed E-state index contributed by atoms with van der Waals surface area (Å²) in [6.07, 6.45) is 3.93. The van der Waals surface area contributed by atoms with Crippen molar-refractivity contribution >= 4 is 29.4 Å². The van der Waals surface area contributed by atoms with Crippen molar-refractivity contribution in [3.63, 3.8) is 0 Å². The second-order valence-corrected chi connectivity index (χ2v) is 7.20. The highest BCUT2D eigenvalue weighted by Crippen LogP contribution is 2.33. The molecular formula is C19H24N4O4. The third-order valence-electron chi connectivity index (χ3n) is 5.44. The van der Waals surface area contributed by atoms with Gasteiger partial charge in [-0.3, -0.25) is 24.8 Å². The normalized spacial score (nSPS) is 23.0. The minimum atomic E-state index is -0.784. The fourth-order valence-corrected chi connectivity index (χ4v) is 3.92. The second kappa shape index (κ2) is 7.77. The molecule has 4 N–H and O–H groups in total. The summed E-state index contributed by atoms with van der Waals surface area (Å²) in [6, 6.07) is 6.26. The number of rotatable bonds is 6. The number of imide groups is 1. The zero-order valence-electron chi connectivity index (χ0n) is 15.1. The first-order valence-corrected chi connectivity index (χ1v) is 9.16. The summed E-state index contributed by atoms with van der Waals surface area (Å²) in [7, 11) is 0. The maximum atomic E-state index is 12.8. The molecule has 1 aromatic rings. The van der Waals surface area contributed by atoms with E-state index >= 15 is 0 Å². The molecule has 0 bridgehead atoms. The number of hydrogen-bond acceptors (Lipinski definition) is 4. The summed E-state index contributed by atoms with van der Waals surface area (Å²) in [6.45, 7) is 0.0111. The molecule has 0 radical (unpaired) electrons. The molecule has 8 heteroatoms. The fraction of sp³-hybridized carbons (Fsp3) is 0.474. The van der Waals surface area contributed by atoms with Gasteiger partial charge in [0.25, 0.3) is 5.91 Å². The molecular weight excluding hydrogens is 348 g/mol. The highest BCUT2D eigenvalue weighted by Gasteiger charge is 2.42. The average molecular weight is 372 g/mol. The number of carboxylic acid groups (broad SMARTS) is 1. The van der Waals surface area contributed by atoms with Crippen molar-refractivity contribution in [3.05, 3.63) is 29.8 Å². The number of nitrogen functional groups attached to an aromatic ring is 1. The van der Waals surface area contributed by atoms with Crippen LogP contribution in [0.3, 0.4) is 0 Å². The lowest BCUT2D eigenvalue weighted by Gasteiger charge is -2.33. The van der Waals surface area contributed by atoms with Gasteiger partial charge < -0.3 is 10.8 Å². The Morgan fingerprint density at radius 1 is 1.15 bits per heavy atom. The minimum Gasteiger partial charge on any atom is -0.481 e. The zero-order valence-corrected chi connectivity index (χ0v) is 15.1. The van der Waals surface area contributed by atoms with Crippen LogP contribution < -0.4 is 10.6 Å². The van der Waals surface area contributed by atoms with Gasteiger partial charge in [-0.05, 0) is 62.3 Å². The van der Waals surface area contributed by atoms with E-state index in [1.807, 2.05) is 0 Å². The molecule has 144 valence electrons. The summed E-state index contributed by atoms with van der Waals surface area (Å²) in [5.74, 6) is -0.690. The van der Waals surface area contributed by atoms with E-state index in [4.69, 9.17) is 16.2 Å². The first-order valence-electron chi connectivity index (χ1n) is 9.16. The van der Waals surface area contributed by atoms with Crippen LogP contribution in [0.5, 0.6) is 0 Å². The maximum Gasteiger partial charge on any atom is 0.331 e. The van der Waals surface area contributed by atoms with E-state index in [-0.39, 0.29) is 36.8 Å². The Morgan fingerprint density at radius 2 is 1.78 bits per heavy atom. The highest BCUT2D eigenvalue weighted by molar-refractivity contribution is 6.12. The number of carbonyl (C=O) groups is 3. The van der Waals surface area contributed by atoms with Gasteiger partial charge >= 0.3 is 12.0 Å². The molecule has 3 rings (SSSR count). The summed E-state index contributed by atoms with van der Waals surface area (Å²) < 4.78 is 0. The molecule has 0 spiro atoms. The van der Waals surface area contributed by atoms with E-state index in [9.17, 15) is 14.4 Å².